The van der Waals surface area contributed by atoms with Crippen LogP contribution in [-0.4, -0.2) is 22.1 Å². The van der Waals surface area contributed by atoms with Crippen LogP contribution >= 0.6 is 0 Å². The highest BCUT2D eigenvalue weighted by molar-refractivity contribution is 5.76. The second-order valence-corrected chi connectivity index (χ2v) is 2.32. The number of H-pyrrole nitrogens is 2. The van der Waals surface area contributed by atoms with Crippen LogP contribution in [0.2, 0.25) is 0 Å². The average Bonchev–Trinajstić information content (AvgIpc) is 2.44. The normalized spacial score (nSPS) is 10.4. The van der Waals surface area contributed by atoms with Crippen molar-refractivity contribution in [1.29, 1.82) is 0 Å². The number of hydrogen-bond donors (Lipinski definition) is 2. The zero-order chi connectivity index (χ0) is 8.55. The summed E-state index contributed by atoms with van der Waals surface area (Å²) in [5, 5.41) is 0. The summed E-state index contributed by atoms with van der Waals surface area (Å²) in [6, 6.07) is 1.69. The molecule has 0 spiro atoms. The minimum Gasteiger partial charge on any atom is -0.494 e. The fourth-order valence-corrected chi connectivity index (χ4v) is 1.08. The maximum atomic E-state index is 10.9. The lowest BCUT2D eigenvalue weighted by Gasteiger charge is -1.97. The number of rotatable bonds is 1. The molecule has 0 radical (unpaired) electrons. The number of fused-ring (bicyclic) bond motifs is 1. The first-order valence-electron chi connectivity index (χ1n) is 3.42. The average molecular weight is 165 g/mol. The minimum atomic E-state index is -0.276. The van der Waals surface area contributed by atoms with E-state index in [9.17, 15) is 4.79 Å². The van der Waals surface area contributed by atoms with Gasteiger partial charge in [-0.05, 0) is 0 Å². The summed E-state index contributed by atoms with van der Waals surface area (Å²) < 4.78 is 5.01. The highest BCUT2D eigenvalue weighted by Gasteiger charge is 2.03. The van der Waals surface area contributed by atoms with Crippen molar-refractivity contribution < 1.29 is 4.74 Å². The quantitative estimate of drug-likeness (QED) is 0.636. The largest absolute Gasteiger partial charge is 0.494 e. The summed E-state index contributed by atoms with van der Waals surface area (Å²) in [7, 11) is 1.54. The van der Waals surface area contributed by atoms with Crippen molar-refractivity contribution in [2.75, 3.05) is 7.11 Å². The Morgan fingerprint density at radius 2 is 2.33 bits per heavy atom. The molecule has 62 valence electrons. The number of imidazole rings is 1. The lowest BCUT2D eigenvalue weighted by molar-refractivity contribution is 0.418. The van der Waals surface area contributed by atoms with Crippen LogP contribution in [-0.2, 0) is 0 Å². The smallest absolute Gasteiger partial charge is 0.325 e. The molecule has 2 aromatic rings. The first-order chi connectivity index (χ1) is 5.81. The zero-order valence-corrected chi connectivity index (χ0v) is 6.42. The topological polar surface area (TPSA) is 70.8 Å². The molecule has 0 saturated carbocycles. The standard InChI is InChI=1S/C7H7N3O2/c1-12-4-2-3-8-6-5(4)9-7(11)10-6/h2-3H,1H3,(H2,8,9,10,11). The number of ether oxygens (including phenoxy) is 1. The van der Waals surface area contributed by atoms with Crippen molar-refractivity contribution in [3.05, 3.63) is 22.7 Å². The van der Waals surface area contributed by atoms with E-state index >= 15 is 0 Å². The van der Waals surface area contributed by atoms with Crippen LogP contribution in [0, 0.1) is 0 Å². The first-order valence-corrected chi connectivity index (χ1v) is 3.42. The molecule has 0 amide bonds. The molecular formula is C7H7N3O2. The van der Waals surface area contributed by atoms with Crippen LogP contribution in [0.5, 0.6) is 5.75 Å². The predicted molar refractivity (Wildman–Crippen MR) is 43.3 cm³/mol. The number of nitrogens with one attached hydrogen (secondary N) is 2. The molecule has 0 aliphatic carbocycles. The Hall–Kier alpha value is -1.78. The van der Waals surface area contributed by atoms with Gasteiger partial charge in [-0.2, -0.15) is 0 Å². The van der Waals surface area contributed by atoms with E-state index in [1.807, 2.05) is 0 Å². The van der Waals surface area contributed by atoms with Crippen molar-refractivity contribution in [2.45, 2.75) is 0 Å². The number of aromatic amines is 2. The van der Waals surface area contributed by atoms with Gasteiger partial charge in [0, 0.05) is 12.3 Å². The van der Waals surface area contributed by atoms with E-state index < -0.39 is 0 Å². The van der Waals surface area contributed by atoms with E-state index in [0.29, 0.717) is 16.9 Å². The van der Waals surface area contributed by atoms with Crippen molar-refractivity contribution >= 4 is 11.2 Å². The lowest BCUT2D eigenvalue weighted by Crippen LogP contribution is -1.99. The Bertz CT molecular complexity index is 457. The molecule has 0 aliphatic rings. The molecule has 0 atom stereocenters. The van der Waals surface area contributed by atoms with Gasteiger partial charge in [0.1, 0.15) is 11.3 Å². The fourth-order valence-electron chi connectivity index (χ4n) is 1.08. The molecule has 12 heavy (non-hydrogen) atoms. The van der Waals surface area contributed by atoms with E-state index in [1.165, 1.54) is 0 Å². The van der Waals surface area contributed by atoms with Gasteiger partial charge < -0.3 is 9.72 Å². The summed E-state index contributed by atoms with van der Waals surface area (Å²) in [5.41, 5.74) is 0.839. The highest BCUT2D eigenvalue weighted by atomic mass is 16.5. The van der Waals surface area contributed by atoms with Crippen molar-refractivity contribution in [3.63, 3.8) is 0 Å². The molecule has 0 aliphatic heterocycles. The third-order valence-electron chi connectivity index (χ3n) is 1.60. The lowest BCUT2D eigenvalue weighted by atomic mass is 10.4. The Labute approximate surface area is 67.4 Å². The molecule has 2 heterocycles. The third-order valence-corrected chi connectivity index (χ3v) is 1.60. The van der Waals surface area contributed by atoms with Crippen LogP contribution in [0.1, 0.15) is 0 Å². The van der Waals surface area contributed by atoms with Crippen LogP contribution in [0.25, 0.3) is 11.2 Å². The second-order valence-electron chi connectivity index (χ2n) is 2.32. The summed E-state index contributed by atoms with van der Waals surface area (Å²) in [4.78, 5) is 19.9. The molecule has 0 aromatic carbocycles. The number of nitrogens with zero attached hydrogens (tertiary/aromatic N) is 1. The van der Waals surface area contributed by atoms with Gasteiger partial charge in [-0.3, -0.25) is 4.98 Å². The molecule has 0 bridgehead atoms. The summed E-state index contributed by atoms with van der Waals surface area (Å²) in [6.07, 6.45) is 1.57. The van der Waals surface area contributed by atoms with E-state index in [-0.39, 0.29) is 5.69 Å². The number of pyridine rings is 1. The van der Waals surface area contributed by atoms with Gasteiger partial charge in [-0.25, -0.2) is 9.78 Å². The van der Waals surface area contributed by atoms with Gasteiger partial charge in [0.05, 0.1) is 7.11 Å². The van der Waals surface area contributed by atoms with E-state index in [2.05, 4.69) is 15.0 Å². The summed E-state index contributed by atoms with van der Waals surface area (Å²) in [6.45, 7) is 0. The monoisotopic (exact) mass is 165 g/mol. The molecular weight excluding hydrogens is 158 g/mol. The van der Waals surface area contributed by atoms with Gasteiger partial charge in [-0.15, -0.1) is 0 Å². The number of hydrogen-bond acceptors (Lipinski definition) is 3. The molecule has 2 N–H and O–H groups in total. The van der Waals surface area contributed by atoms with Gasteiger partial charge in [0.15, 0.2) is 5.65 Å². The predicted octanol–water partition coefficient (Wildman–Crippen LogP) is 0.260. The molecule has 5 heteroatoms. The summed E-state index contributed by atoms with van der Waals surface area (Å²) >= 11 is 0. The second kappa shape index (κ2) is 2.37. The van der Waals surface area contributed by atoms with Crippen molar-refractivity contribution in [1.82, 2.24) is 15.0 Å². The maximum Gasteiger partial charge on any atom is 0.325 e. The van der Waals surface area contributed by atoms with Crippen LogP contribution in [0.3, 0.4) is 0 Å². The van der Waals surface area contributed by atoms with Gasteiger partial charge in [-0.1, -0.05) is 0 Å². The van der Waals surface area contributed by atoms with E-state index in [4.69, 9.17) is 4.74 Å². The Kier molecular flexibility index (Phi) is 1.36. The van der Waals surface area contributed by atoms with Crippen molar-refractivity contribution in [3.8, 4) is 5.75 Å². The first kappa shape index (κ1) is 6.90. The number of aromatic nitrogens is 3. The van der Waals surface area contributed by atoms with Gasteiger partial charge >= 0.3 is 5.69 Å². The SMILES string of the molecule is COc1ccnc2[nH]c(=O)[nH]c12. The zero-order valence-electron chi connectivity index (χ0n) is 6.42. The summed E-state index contributed by atoms with van der Waals surface area (Å²) in [5.74, 6) is 0.610. The van der Waals surface area contributed by atoms with E-state index in [1.54, 1.807) is 19.4 Å². The Morgan fingerprint density at radius 3 is 3.08 bits per heavy atom. The van der Waals surface area contributed by atoms with Crippen LogP contribution < -0.4 is 10.4 Å². The van der Waals surface area contributed by atoms with E-state index in [0.717, 1.165) is 0 Å². The van der Waals surface area contributed by atoms with Crippen molar-refractivity contribution in [2.24, 2.45) is 0 Å². The number of methoxy groups -OCH3 is 1. The maximum absolute atomic E-state index is 10.9. The molecule has 0 fully saturated rings. The molecule has 0 unspecified atom stereocenters. The Morgan fingerprint density at radius 1 is 1.50 bits per heavy atom. The highest BCUT2D eigenvalue weighted by Crippen LogP contribution is 2.17. The molecule has 2 rings (SSSR count). The molecule has 5 nitrogen and oxygen atoms in total. The third kappa shape index (κ3) is 0.868. The fraction of sp³-hybridized carbons (Fsp3) is 0.143. The van der Waals surface area contributed by atoms with Gasteiger partial charge in [0.2, 0.25) is 0 Å². The Balaban J connectivity index is 2.87. The molecule has 2 aromatic heterocycles. The van der Waals surface area contributed by atoms with Gasteiger partial charge in [0.25, 0.3) is 0 Å². The molecule has 0 saturated heterocycles. The van der Waals surface area contributed by atoms with Crippen LogP contribution in [0.4, 0.5) is 0 Å². The van der Waals surface area contributed by atoms with Crippen LogP contribution in [0.15, 0.2) is 17.1 Å². The minimum absolute atomic E-state index is 0.276.